The summed E-state index contributed by atoms with van der Waals surface area (Å²) in [4.78, 5) is 14.0. The van der Waals surface area contributed by atoms with Crippen molar-refractivity contribution in [1.29, 1.82) is 0 Å². The molecule has 1 fully saturated rings. The second-order valence-electron chi connectivity index (χ2n) is 5.07. The maximum Gasteiger partial charge on any atom is 0.235 e. The summed E-state index contributed by atoms with van der Waals surface area (Å²) in [5.74, 6) is 1.37. The zero-order valence-corrected chi connectivity index (χ0v) is 9.00. The highest BCUT2D eigenvalue weighted by Crippen LogP contribution is 2.44. The molecule has 1 saturated carbocycles. The molecule has 0 spiro atoms. The van der Waals surface area contributed by atoms with Crippen LogP contribution in [-0.2, 0) is 4.79 Å². The number of carbonyl (C=O) groups excluding carboxylic acids is 1. The molecule has 0 aromatic rings. The highest BCUT2D eigenvalue weighted by Gasteiger charge is 2.38. The van der Waals surface area contributed by atoms with Crippen LogP contribution in [0.4, 0.5) is 0 Å². The monoisotopic (exact) mass is 181 g/mol. The van der Waals surface area contributed by atoms with E-state index in [1.54, 1.807) is 6.08 Å². The molecule has 1 aliphatic rings. The van der Waals surface area contributed by atoms with E-state index < -0.39 is 0 Å². The van der Waals surface area contributed by atoms with Crippen molar-refractivity contribution in [3.8, 4) is 0 Å². The lowest BCUT2D eigenvalue weighted by Gasteiger charge is -2.43. The van der Waals surface area contributed by atoms with Crippen LogP contribution < -0.4 is 0 Å². The third-order valence-electron chi connectivity index (χ3n) is 3.73. The van der Waals surface area contributed by atoms with Gasteiger partial charge < -0.3 is 0 Å². The standard InChI is InChI=1S/C11H19NO/c1-8-5-10(12-7-13)6-11(3,4)9(8)2/h8-10H,5-6H2,1-4H3. The summed E-state index contributed by atoms with van der Waals surface area (Å²) in [5, 5.41) is 0. The van der Waals surface area contributed by atoms with Gasteiger partial charge in [-0.15, -0.1) is 0 Å². The van der Waals surface area contributed by atoms with Crippen LogP contribution in [0.3, 0.4) is 0 Å². The molecular formula is C11H19NO. The molecule has 0 heterocycles. The molecule has 74 valence electrons. The molecule has 0 radical (unpaired) electrons. The van der Waals surface area contributed by atoms with Crippen LogP contribution in [0.2, 0.25) is 0 Å². The molecule has 1 aliphatic carbocycles. The summed E-state index contributed by atoms with van der Waals surface area (Å²) in [7, 11) is 0. The maximum absolute atomic E-state index is 10.2. The van der Waals surface area contributed by atoms with E-state index >= 15 is 0 Å². The first kappa shape index (κ1) is 10.5. The van der Waals surface area contributed by atoms with Crippen LogP contribution in [0.15, 0.2) is 4.99 Å². The fourth-order valence-electron chi connectivity index (χ4n) is 2.45. The van der Waals surface area contributed by atoms with Crippen molar-refractivity contribution < 1.29 is 4.79 Å². The zero-order chi connectivity index (χ0) is 10.1. The Morgan fingerprint density at radius 3 is 2.46 bits per heavy atom. The summed E-state index contributed by atoms with van der Waals surface area (Å²) < 4.78 is 0. The summed E-state index contributed by atoms with van der Waals surface area (Å²) in [6.45, 7) is 9.08. The fourth-order valence-corrected chi connectivity index (χ4v) is 2.45. The normalized spacial score (nSPS) is 38.0. The van der Waals surface area contributed by atoms with E-state index in [-0.39, 0.29) is 6.04 Å². The minimum absolute atomic E-state index is 0.207. The third-order valence-corrected chi connectivity index (χ3v) is 3.73. The van der Waals surface area contributed by atoms with E-state index in [1.165, 1.54) is 0 Å². The van der Waals surface area contributed by atoms with Crippen LogP contribution in [0.5, 0.6) is 0 Å². The number of nitrogens with zero attached hydrogens (tertiary/aromatic N) is 1. The topological polar surface area (TPSA) is 29.4 Å². The molecule has 1 rings (SSSR count). The Kier molecular flexibility index (Phi) is 2.92. The van der Waals surface area contributed by atoms with Crippen LogP contribution in [0.25, 0.3) is 0 Å². The minimum atomic E-state index is 0.207. The van der Waals surface area contributed by atoms with Gasteiger partial charge in [0, 0.05) is 0 Å². The maximum atomic E-state index is 10.2. The smallest absolute Gasteiger partial charge is 0.211 e. The van der Waals surface area contributed by atoms with Gasteiger partial charge >= 0.3 is 0 Å². The second-order valence-corrected chi connectivity index (χ2v) is 5.07. The number of rotatable bonds is 1. The van der Waals surface area contributed by atoms with Gasteiger partial charge in [0.1, 0.15) is 0 Å². The summed E-state index contributed by atoms with van der Waals surface area (Å²) in [5.41, 5.74) is 0.308. The van der Waals surface area contributed by atoms with Crippen molar-refractivity contribution in [2.75, 3.05) is 0 Å². The molecular weight excluding hydrogens is 162 g/mol. The van der Waals surface area contributed by atoms with Crippen LogP contribution in [0.1, 0.15) is 40.5 Å². The molecule has 3 atom stereocenters. The van der Waals surface area contributed by atoms with E-state index in [0.29, 0.717) is 17.3 Å². The van der Waals surface area contributed by atoms with E-state index in [2.05, 4.69) is 32.7 Å². The summed E-state index contributed by atoms with van der Waals surface area (Å²) in [6, 6.07) is 0.207. The molecule has 0 aromatic carbocycles. The number of hydrogen-bond acceptors (Lipinski definition) is 2. The van der Waals surface area contributed by atoms with Crippen LogP contribution >= 0.6 is 0 Å². The minimum Gasteiger partial charge on any atom is -0.211 e. The lowest BCUT2D eigenvalue weighted by Crippen LogP contribution is -2.37. The average molecular weight is 181 g/mol. The number of isocyanates is 1. The Balaban J connectivity index is 2.75. The van der Waals surface area contributed by atoms with Gasteiger partial charge in [0.2, 0.25) is 6.08 Å². The van der Waals surface area contributed by atoms with Gasteiger partial charge in [-0.25, -0.2) is 9.79 Å². The van der Waals surface area contributed by atoms with Crippen LogP contribution in [0, 0.1) is 17.3 Å². The predicted molar refractivity (Wildman–Crippen MR) is 53.3 cm³/mol. The van der Waals surface area contributed by atoms with E-state index in [9.17, 15) is 4.79 Å². The first-order chi connectivity index (χ1) is 5.97. The van der Waals surface area contributed by atoms with Crippen molar-refractivity contribution in [2.24, 2.45) is 22.2 Å². The molecule has 0 bridgehead atoms. The molecule has 2 heteroatoms. The van der Waals surface area contributed by atoms with Crippen LogP contribution in [-0.4, -0.2) is 12.1 Å². The van der Waals surface area contributed by atoms with Gasteiger partial charge in [-0.2, -0.15) is 0 Å². The van der Waals surface area contributed by atoms with Gasteiger partial charge in [0.25, 0.3) is 0 Å². The van der Waals surface area contributed by atoms with Gasteiger partial charge in [0.15, 0.2) is 0 Å². The molecule has 3 unspecified atom stereocenters. The van der Waals surface area contributed by atoms with E-state index in [1.807, 2.05) is 0 Å². The molecule has 2 nitrogen and oxygen atoms in total. The Hall–Kier alpha value is -0.620. The number of aliphatic imine (C=N–C) groups is 1. The average Bonchev–Trinajstić information content (AvgIpc) is 2.00. The molecule has 0 amide bonds. The van der Waals surface area contributed by atoms with Crippen molar-refractivity contribution in [3.05, 3.63) is 0 Å². The Morgan fingerprint density at radius 1 is 1.38 bits per heavy atom. The zero-order valence-electron chi connectivity index (χ0n) is 9.00. The van der Waals surface area contributed by atoms with Gasteiger partial charge in [0.05, 0.1) is 6.04 Å². The quantitative estimate of drug-likeness (QED) is 0.452. The van der Waals surface area contributed by atoms with Crippen molar-refractivity contribution in [1.82, 2.24) is 0 Å². The SMILES string of the molecule is CC1CC(N=C=O)CC(C)(C)C1C. The first-order valence-electron chi connectivity index (χ1n) is 5.04. The van der Waals surface area contributed by atoms with E-state index in [0.717, 1.165) is 12.8 Å². The number of hydrogen-bond donors (Lipinski definition) is 0. The first-order valence-corrected chi connectivity index (χ1v) is 5.04. The highest BCUT2D eigenvalue weighted by atomic mass is 16.1. The predicted octanol–water partition coefficient (Wildman–Crippen LogP) is 2.78. The second kappa shape index (κ2) is 3.63. The van der Waals surface area contributed by atoms with Crippen molar-refractivity contribution in [2.45, 2.75) is 46.6 Å². The lowest BCUT2D eigenvalue weighted by molar-refractivity contribution is 0.0857. The highest BCUT2D eigenvalue weighted by molar-refractivity contribution is 5.33. The summed E-state index contributed by atoms with van der Waals surface area (Å²) in [6.07, 6.45) is 3.75. The molecule has 0 aliphatic heterocycles. The van der Waals surface area contributed by atoms with E-state index in [4.69, 9.17) is 0 Å². The fraction of sp³-hybridized carbons (Fsp3) is 0.909. The van der Waals surface area contributed by atoms with Gasteiger partial charge in [-0.05, 0) is 30.1 Å². The Morgan fingerprint density at radius 2 is 2.00 bits per heavy atom. The third kappa shape index (κ3) is 2.19. The molecule has 0 aromatic heterocycles. The summed E-state index contributed by atoms with van der Waals surface area (Å²) >= 11 is 0. The molecule has 0 saturated heterocycles. The lowest BCUT2D eigenvalue weighted by atomic mass is 9.63. The van der Waals surface area contributed by atoms with Crippen molar-refractivity contribution >= 4 is 6.08 Å². The largest absolute Gasteiger partial charge is 0.235 e. The molecule has 13 heavy (non-hydrogen) atoms. The van der Waals surface area contributed by atoms with Crippen molar-refractivity contribution in [3.63, 3.8) is 0 Å². The van der Waals surface area contributed by atoms with Gasteiger partial charge in [-0.1, -0.05) is 27.7 Å². The Bertz CT molecular complexity index is 228. The molecule has 0 N–H and O–H groups in total. The van der Waals surface area contributed by atoms with Gasteiger partial charge in [-0.3, -0.25) is 0 Å². The Labute approximate surface area is 80.4 Å².